The Morgan fingerprint density at radius 2 is 2.00 bits per heavy atom. The molecule has 2 N–H and O–H groups in total. The average Bonchev–Trinajstić information content (AvgIpc) is 3.10. The highest BCUT2D eigenvalue weighted by Crippen LogP contribution is 2.14. The van der Waals surface area contributed by atoms with Gasteiger partial charge in [0.1, 0.15) is 12.4 Å². The molecule has 1 aromatic heterocycles. The SMILES string of the molecule is CN=C(NCCn1cccc1)NCc1cccc(OCC(F)F)c1. The summed E-state index contributed by atoms with van der Waals surface area (Å²) in [5.74, 6) is 1.12. The monoisotopic (exact) mass is 336 g/mol. The third-order valence-electron chi connectivity index (χ3n) is 3.29. The van der Waals surface area contributed by atoms with Crippen molar-refractivity contribution in [1.82, 2.24) is 15.2 Å². The van der Waals surface area contributed by atoms with Crippen LogP contribution in [0.3, 0.4) is 0 Å². The van der Waals surface area contributed by atoms with Gasteiger partial charge in [-0.15, -0.1) is 0 Å². The first kappa shape index (κ1) is 17.8. The van der Waals surface area contributed by atoms with Crippen LogP contribution in [0.2, 0.25) is 0 Å². The van der Waals surface area contributed by atoms with Gasteiger partial charge >= 0.3 is 0 Å². The summed E-state index contributed by atoms with van der Waals surface area (Å²) in [4.78, 5) is 4.16. The number of nitrogens with one attached hydrogen (secondary N) is 2. The standard InChI is InChI=1S/C17H22F2N4O/c1-20-17(21-7-10-23-8-2-3-9-23)22-12-14-5-4-6-15(11-14)24-13-16(18)19/h2-6,8-9,11,16H,7,10,12-13H2,1H3,(H2,20,21,22). The molecule has 130 valence electrons. The number of rotatable bonds is 8. The van der Waals surface area contributed by atoms with Gasteiger partial charge in [-0.1, -0.05) is 12.1 Å². The van der Waals surface area contributed by atoms with Crippen LogP contribution in [0.1, 0.15) is 5.56 Å². The van der Waals surface area contributed by atoms with Crippen molar-refractivity contribution in [2.75, 3.05) is 20.2 Å². The minimum Gasteiger partial charge on any atom is -0.488 e. The van der Waals surface area contributed by atoms with Crippen molar-refractivity contribution in [1.29, 1.82) is 0 Å². The lowest BCUT2D eigenvalue weighted by atomic mass is 10.2. The Bertz CT molecular complexity index is 629. The zero-order valence-electron chi connectivity index (χ0n) is 13.6. The molecular formula is C17H22F2N4O. The second-order valence-electron chi connectivity index (χ2n) is 5.12. The number of halogens is 2. The van der Waals surface area contributed by atoms with Gasteiger partial charge in [-0.3, -0.25) is 4.99 Å². The van der Waals surface area contributed by atoms with Gasteiger partial charge in [0.05, 0.1) is 0 Å². The van der Waals surface area contributed by atoms with E-state index < -0.39 is 13.0 Å². The molecule has 0 radical (unpaired) electrons. The van der Waals surface area contributed by atoms with Crippen molar-refractivity contribution in [3.8, 4) is 5.75 Å². The lowest BCUT2D eigenvalue weighted by Crippen LogP contribution is -2.38. The van der Waals surface area contributed by atoms with Crippen molar-refractivity contribution in [2.45, 2.75) is 19.5 Å². The Labute approximate surface area is 140 Å². The van der Waals surface area contributed by atoms with Crippen LogP contribution >= 0.6 is 0 Å². The molecule has 7 heteroatoms. The van der Waals surface area contributed by atoms with E-state index in [1.807, 2.05) is 30.6 Å². The first-order valence-electron chi connectivity index (χ1n) is 7.72. The minimum absolute atomic E-state index is 0.435. The zero-order chi connectivity index (χ0) is 17.2. The van der Waals surface area contributed by atoms with Gasteiger partial charge in [-0.25, -0.2) is 8.78 Å². The molecule has 24 heavy (non-hydrogen) atoms. The molecule has 0 aliphatic heterocycles. The molecule has 0 atom stereocenters. The Hall–Kier alpha value is -2.57. The zero-order valence-corrected chi connectivity index (χ0v) is 13.6. The van der Waals surface area contributed by atoms with Crippen molar-refractivity contribution in [3.63, 3.8) is 0 Å². The van der Waals surface area contributed by atoms with Crippen molar-refractivity contribution in [2.24, 2.45) is 4.99 Å². The van der Waals surface area contributed by atoms with Crippen LogP contribution in [-0.2, 0) is 13.1 Å². The molecule has 2 aromatic rings. The van der Waals surface area contributed by atoms with Crippen LogP contribution in [0.5, 0.6) is 5.75 Å². The van der Waals surface area contributed by atoms with E-state index in [9.17, 15) is 8.78 Å². The molecule has 0 saturated carbocycles. The fourth-order valence-electron chi connectivity index (χ4n) is 2.13. The Kier molecular flexibility index (Phi) is 7.07. The highest BCUT2D eigenvalue weighted by atomic mass is 19.3. The highest BCUT2D eigenvalue weighted by molar-refractivity contribution is 5.79. The summed E-state index contributed by atoms with van der Waals surface area (Å²) in [6.45, 7) is 1.51. The fraction of sp³-hybridized carbons (Fsp3) is 0.353. The smallest absolute Gasteiger partial charge is 0.272 e. The predicted octanol–water partition coefficient (Wildman–Crippen LogP) is 2.50. The van der Waals surface area contributed by atoms with Gasteiger partial charge in [-0.2, -0.15) is 0 Å². The molecule has 0 fully saturated rings. The van der Waals surface area contributed by atoms with Crippen molar-refractivity contribution < 1.29 is 13.5 Å². The third kappa shape index (κ3) is 6.28. The van der Waals surface area contributed by atoms with Crippen LogP contribution in [0, 0.1) is 0 Å². The lowest BCUT2D eigenvalue weighted by Gasteiger charge is -2.13. The largest absolute Gasteiger partial charge is 0.488 e. The molecule has 2 rings (SSSR count). The van der Waals surface area contributed by atoms with Gasteiger partial charge in [0, 0.05) is 39.1 Å². The summed E-state index contributed by atoms with van der Waals surface area (Å²) < 4.78 is 31.5. The number of hydrogen-bond donors (Lipinski definition) is 2. The van der Waals surface area contributed by atoms with Gasteiger partial charge in [0.25, 0.3) is 6.43 Å². The summed E-state index contributed by atoms with van der Waals surface area (Å²) >= 11 is 0. The van der Waals surface area contributed by atoms with Gasteiger partial charge in [-0.05, 0) is 29.8 Å². The van der Waals surface area contributed by atoms with Crippen LogP contribution < -0.4 is 15.4 Å². The van der Waals surface area contributed by atoms with E-state index in [4.69, 9.17) is 4.74 Å². The summed E-state index contributed by atoms with van der Waals surface area (Å²) in [7, 11) is 1.70. The van der Waals surface area contributed by atoms with E-state index in [0.29, 0.717) is 18.3 Å². The molecule has 0 aliphatic rings. The molecule has 0 amide bonds. The molecule has 0 spiro atoms. The fourth-order valence-corrected chi connectivity index (χ4v) is 2.13. The molecule has 0 aliphatic carbocycles. The minimum atomic E-state index is -2.48. The first-order chi connectivity index (χ1) is 11.7. The van der Waals surface area contributed by atoms with Gasteiger partial charge in [0.2, 0.25) is 0 Å². The van der Waals surface area contributed by atoms with Crippen LogP contribution in [-0.4, -0.2) is 37.2 Å². The lowest BCUT2D eigenvalue weighted by molar-refractivity contribution is 0.0818. The van der Waals surface area contributed by atoms with Crippen molar-refractivity contribution in [3.05, 3.63) is 54.4 Å². The summed E-state index contributed by atoms with van der Waals surface area (Å²) in [5, 5.41) is 6.40. The highest BCUT2D eigenvalue weighted by Gasteiger charge is 2.04. The molecule has 0 bridgehead atoms. The van der Waals surface area contributed by atoms with E-state index >= 15 is 0 Å². The Balaban J connectivity index is 1.76. The number of nitrogens with zero attached hydrogens (tertiary/aromatic N) is 2. The predicted molar refractivity (Wildman–Crippen MR) is 90.6 cm³/mol. The maximum absolute atomic E-state index is 12.2. The van der Waals surface area contributed by atoms with E-state index in [1.54, 1.807) is 25.2 Å². The Morgan fingerprint density at radius 3 is 2.71 bits per heavy atom. The third-order valence-corrected chi connectivity index (χ3v) is 3.29. The van der Waals surface area contributed by atoms with Crippen LogP contribution in [0.15, 0.2) is 53.8 Å². The second kappa shape index (κ2) is 9.54. The van der Waals surface area contributed by atoms with Gasteiger partial charge in [0.15, 0.2) is 5.96 Å². The quantitative estimate of drug-likeness (QED) is 0.575. The number of aliphatic imine (C=N–C) groups is 1. The van der Waals surface area contributed by atoms with E-state index in [2.05, 4.69) is 20.2 Å². The van der Waals surface area contributed by atoms with Crippen LogP contribution in [0.4, 0.5) is 8.78 Å². The number of hydrogen-bond acceptors (Lipinski definition) is 2. The maximum Gasteiger partial charge on any atom is 0.272 e. The van der Waals surface area contributed by atoms with E-state index in [-0.39, 0.29) is 0 Å². The van der Waals surface area contributed by atoms with E-state index in [1.165, 1.54) is 0 Å². The molecule has 0 unspecified atom stereocenters. The summed E-state index contributed by atoms with van der Waals surface area (Å²) in [5.41, 5.74) is 0.926. The number of guanidine groups is 1. The van der Waals surface area contributed by atoms with E-state index in [0.717, 1.165) is 18.7 Å². The van der Waals surface area contributed by atoms with Crippen LogP contribution in [0.25, 0.3) is 0 Å². The number of aromatic nitrogens is 1. The Morgan fingerprint density at radius 1 is 1.21 bits per heavy atom. The number of ether oxygens (including phenoxy) is 1. The number of benzene rings is 1. The van der Waals surface area contributed by atoms with Gasteiger partial charge < -0.3 is 19.9 Å². The molecule has 1 aromatic carbocycles. The van der Waals surface area contributed by atoms with Crippen molar-refractivity contribution >= 4 is 5.96 Å². The second-order valence-corrected chi connectivity index (χ2v) is 5.12. The molecule has 0 saturated heterocycles. The summed E-state index contributed by atoms with van der Waals surface area (Å²) in [6, 6.07) is 11.0. The topological polar surface area (TPSA) is 50.6 Å². The summed E-state index contributed by atoms with van der Waals surface area (Å²) in [6.07, 6.45) is 1.53. The number of alkyl halides is 2. The molecule has 1 heterocycles. The first-order valence-corrected chi connectivity index (χ1v) is 7.72. The average molecular weight is 336 g/mol. The maximum atomic E-state index is 12.2. The normalized spacial score (nSPS) is 11.6. The molecule has 5 nitrogen and oxygen atoms in total. The molecular weight excluding hydrogens is 314 g/mol.